The summed E-state index contributed by atoms with van der Waals surface area (Å²) >= 11 is 1.00. The van der Waals surface area contributed by atoms with E-state index in [-0.39, 0.29) is 9.75 Å². The molecule has 0 saturated heterocycles. The van der Waals surface area contributed by atoms with Crippen molar-refractivity contribution in [3.63, 3.8) is 0 Å². The standard InChI is InChI=1S/C10H12N2O2S2/c1-10(5-2-6-10)12-16(13,14)9-4-3-8(7-11)15-9/h3-4,12H,2,5-6H2,1H3. The van der Waals surface area contributed by atoms with E-state index in [4.69, 9.17) is 5.26 Å². The number of hydrogen-bond donors (Lipinski definition) is 1. The first-order valence-corrected chi connectivity index (χ1v) is 7.29. The van der Waals surface area contributed by atoms with Crippen molar-refractivity contribution >= 4 is 21.4 Å². The first kappa shape index (κ1) is 11.6. The van der Waals surface area contributed by atoms with Crippen molar-refractivity contribution in [2.24, 2.45) is 0 Å². The van der Waals surface area contributed by atoms with Gasteiger partial charge in [0, 0.05) is 5.54 Å². The van der Waals surface area contributed by atoms with Crippen LogP contribution in [0.4, 0.5) is 0 Å². The molecular weight excluding hydrogens is 244 g/mol. The van der Waals surface area contributed by atoms with Gasteiger partial charge in [-0.25, -0.2) is 13.1 Å². The Morgan fingerprint density at radius 2 is 2.19 bits per heavy atom. The maximum absolute atomic E-state index is 12.0. The fourth-order valence-corrected chi connectivity index (χ4v) is 4.28. The molecule has 0 radical (unpaired) electrons. The van der Waals surface area contributed by atoms with Crippen LogP contribution in [-0.2, 0) is 10.0 Å². The molecule has 4 nitrogen and oxygen atoms in total. The third-order valence-electron chi connectivity index (χ3n) is 2.79. The van der Waals surface area contributed by atoms with Crippen molar-refractivity contribution in [2.75, 3.05) is 0 Å². The summed E-state index contributed by atoms with van der Waals surface area (Å²) in [5.74, 6) is 0. The summed E-state index contributed by atoms with van der Waals surface area (Å²) < 4.78 is 26.8. The van der Waals surface area contributed by atoms with E-state index in [2.05, 4.69) is 4.72 Å². The predicted molar refractivity (Wildman–Crippen MR) is 61.6 cm³/mol. The van der Waals surface area contributed by atoms with Crippen LogP contribution in [-0.4, -0.2) is 14.0 Å². The Morgan fingerprint density at radius 3 is 2.62 bits per heavy atom. The van der Waals surface area contributed by atoms with Crippen molar-refractivity contribution in [3.8, 4) is 6.07 Å². The van der Waals surface area contributed by atoms with Crippen LogP contribution in [0.5, 0.6) is 0 Å². The fourth-order valence-electron chi connectivity index (χ4n) is 1.71. The van der Waals surface area contributed by atoms with E-state index < -0.39 is 10.0 Å². The molecule has 0 aromatic carbocycles. The number of sulfonamides is 1. The normalized spacial score (nSPS) is 18.8. The van der Waals surface area contributed by atoms with E-state index in [9.17, 15) is 8.42 Å². The second-order valence-corrected chi connectivity index (χ2v) is 7.24. The van der Waals surface area contributed by atoms with Gasteiger partial charge in [0.2, 0.25) is 0 Å². The zero-order valence-electron chi connectivity index (χ0n) is 8.86. The van der Waals surface area contributed by atoms with Gasteiger partial charge in [0.25, 0.3) is 10.0 Å². The topological polar surface area (TPSA) is 70.0 Å². The number of rotatable bonds is 3. The molecule has 2 rings (SSSR count). The predicted octanol–water partition coefficient (Wildman–Crippen LogP) is 1.84. The van der Waals surface area contributed by atoms with Crippen LogP contribution in [0.2, 0.25) is 0 Å². The van der Waals surface area contributed by atoms with Gasteiger partial charge in [-0.1, -0.05) is 0 Å². The van der Waals surface area contributed by atoms with Gasteiger partial charge < -0.3 is 0 Å². The molecule has 16 heavy (non-hydrogen) atoms. The van der Waals surface area contributed by atoms with E-state index in [1.165, 1.54) is 12.1 Å². The molecule has 86 valence electrons. The monoisotopic (exact) mass is 256 g/mol. The Kier molecular flexibility index (Phi) is 2.78. The second-order valence-electron chi connectivity index (χ2n) is 4.25. The molecule has 1 fully saturated rings. The van der Waals surface area contributed by atoms with Gasteiger partial charge in [0.15, 0.2) is 0 Å². The molecule has 0 aliphatic heterocycles. The minimum absolute atomic E-state index is 0.220. The summed E-state index contributed by atoms with van der Waals surface area (Å²) in [4.78, 5) is 0.416. The maximum atomic E-state index is 12.0. The summed E-state index contributed by atoms with van der Waals surface area (Å²) in [6.45, 7) is 1.91. The Bertz CT molecular complexity index is 535. The summed E-state index contributed by atoms with van der Waals surface area (Å²) in [5.41, 5.74) is -0.296. The molecule has 1 N–H and O–H groups in total. The van der Waals surface area contributed by atoms with Gasteiger partial charge >= 0.3 is 0 Å². The van der Waals surface area contributed by atoms with E-state index >= 15 is 0 Å². The van der Waals surface area contributed by atoms with Crippen molar-refractivity contribution in [1.82, 2.24) is 4.72 Å². The van der Waals surface area contributed by atoms with Crippen LogP contribution in [0.15, 0.2) is 16.3 Å². The van der Waals surface area contributed by atoms with Gasteiger partial charge in [0.05, 0.1) is 0 Å². The van der Waals surface area contributed by atoms with Crippen LogP contribution in [0, 0.1) is 11.3 Å². The third kappa shape index (κ3) is 2.12. The van der Waals surface area contributed by atoms with Crippen molar-refractivity contribution < 1.29 is 8.42 Å². The molecule has 0 atom stereocenters. The number of nitriles is 1. The highest BCUT2D eigenvalue weighted by Crippen LogP contribution is 2.33. The van der Waals surface area contributed by atoms with Gasteiger partial charge in [-0.3, -0.25) is 0 Å². The minimum Gasteiger partial charge on any atom is -0.206 e. The second kappa shape index (κ2) is 3.84. The Balaban J connectivity index is 2.22. The molecule has 1 heterocycles. The molecule has 1 aliphatic rings. The van der Waals surface area contributed by atoms with Crippen LogP contribution in [0.3, 0.4) is 0 Å². The zero-order valence-corrected chi connectivity index (χ0v) is 10.5. The lowest BCUT2D eigenvalue weighted by atomic mass is 9.80. The van der Waals surface area contributed by atoms with E-state index in [0.29, 0.717) is 4.88 Å². The summed E-state index contributed by atoms with van der Waals surface area (Å²) in [6.07, 6.45) is 2.82. The van der Waals surface area contributed by atoms with E-state index in [1.54, 1.807) is 0 Å². The van der Waals surface area contributed by atoms with Gasteiger partial charge in [-0.2, -0.15) is 5.26 Å². The lowest BCUT2D eigenvalue weighted by Gasteiger charge is -2.38. The SMILES string of the molecule is CC1(NS(=O)(=O)c2ccc(C#N)s2)CCC1. The summed E-state index contributed by atoms with van der Waals surface area (Å²) in [7, 11) is -3.45. The van der Waals surface area contributed by atoms with E-state index in [0.717, 1.165) is 30.6 Å². The van der Waals surface area contributed by atoms with Gasteiger partial charge in [-0.15, -0.1) is 11.3 Å². The van der Waals surface area contributed by atoms with Crippen molar-refractivity contribution in [2.45, 2.75) is 35.9 Å². The zero-order chi connectivity index (χ0) is 11.8. The number of thiophene rings is 1. The smallest absolute Gasteiger partial charge is 0.206 e. The fraction of sp³-hybridized carbons (Fsp3) is 0.500. The first-order chi connectivity index (χ1) is 7.45. The minimum atomic E-state index is -3.45. The number of nitrogens with one attached hydrogen (secondary N) is 1. The Labute approximate surface area is 99.0 Å². The van der Waals surface area contributed by atoms with Crippen LogP contribution < -0.4 is 4.72 Å². The highest BCUT2D eigenvalue weighted by Gasteiger charge is 2.36. The molecule has 1 aromatic heterocycles. The molecule has 1 saturated carbocycles. The Morgan fingerprint density at radius 1 is 1.50 bits per heavy atom. The molecule has 1 aromatic rings. The molecule has 0 amide bonds. The average Bonchev–Trinajstić information content (AvgIpc) is 2.63. The third-order valence-corrected chi connectivity index (χ3v) is 5.91. The Hall–Kier alpha value is -0.900. The van der Waals surface area contributed by atoms with Crippen molar-refractivity contribution in [3.05, 3.63) is 17.0 Å². The number of hydrogen-bond acceptors (Lipinski definition) is 4. The molecule has 1 aliphatic carbocycles. The van der Waals surface area contributed by atoms with Crippen LogP contribution in [0.1, 0.15) is 31.1 Å². The van der Waals surface area contributed by atoms with Crippen LogP contribution >= 0.6 is 11.3 Å². The van der Waals surface area contributed by atoms with Crippen LogP contribution in [0.25, 0.3) is 0 Å². The summed E-state index contributed by atoms with van der Waals surface area (Å²) in [5, 5.41) is 8.65. The molecule has 0 spiro atoms. The first-order valence-electron chi connectivity index (χ1n) is 4.99. The lowest BCUT2D eigenvalue weighted by Crippen LogP contribution is -2.50. The highest BCUT2D eigenvalue weighted by atomic mass is 32.2. The lowest BCUT2D eigenvalue weighted by molar-refractivity contribution is 0.248. The van der Waals surface area contributed by atoms with Crippen molar-refractivity contribution in [1.29, 1.82) is 5.26 Å². The van der Waals surface area contributed by atoms with Gasteiger partial charge in [0.1, 0.15) is 15.2 Å². The average molecular weight is 256 g/mol. The van der Waals surface area contributed by atoms with Gasteiger partial charge in [-0.05, 0) is 38.3 Å². The largest absolute Gasteiger partial charge is 0.250 e. The molecule has 6 heteroatoms. The molecular formula is C10H12N2O2S2. The quantitative estimate of drug-likeness (QED) is 0.897. The number of nitrogens with zero attached hydrogens (tertiary/aromatic N) is 1. The summed E-state index contributed by atoms with van der Waals surface area (Å²) in [6, 6.07) is 4.95. The maximum Gasteiger partial charge on any atom is 0.250 e. The highest BCUT2D eigenvalue weighted by molar-refractivity contribution is 7.91. The molecule has 0 unspecified atom stereocenters. The van der Waals surface area contributed by atoms with E-state index in [1.807, 2.05) is 13.0 Å². The molecule has 0 bridgehead atoms.